The lowest BCUT2D eigenvalue weighted by atomic mass is 9.86. The van der Waals surface area contributed by atoms with E-state index in [-0.39, 0.29) is 23.4 Å². The fraction of sp³-hybridized carbons (Fsp3) is 0.800. The van der Waals surface area contributed by atoms with Crippen LogP contribution in [0.25, 0.3) is 0 Å². The van der Waals surface area contributed by atoms with E-state index in [4.69, 9.17) is 0 Å². The number of ketones is 2. The maximum absolute atomic E-state index is 11.4. The molecule has 1 atom stereocenters. The molecule has 0 radical (unpaired) electrons. The molecule has 0 aromatic carbocycles. The Labute approximate surface area is 74.3 Å². The number of Topliss-reactive ketones (excluding diaryl/α,β-unsaturated/α-hetero) is 2. The highest BCUT2D eigenvalue weighted by atomic mass is 16.1. The minimum absolute atomic E-state index is 0.00319. The summed E-state index contributed by atoms with van der Waals surface area (Å²) in [6.45, 7) is 7.28. The molecule has 0 aliphatic rings. The summed E-state index contributed by atoms with van der Waals surface area (Å²) in [6, 6.07) is 0. The Hall–Kier alpha value is -0.660. The molecule has 0 rings (SSSR count). The van der Waals surface area contributed by atoms with Crippen molar-refractivity contribution in [2.45, 2.75) is 40.5 Å². The number of hydrogen-bond acceptors (Lipinski definition) is 2. The normalized spacial score (nSPS) is 13.1. The maximum Gasteiger partial charge on any atom is 0.143 e. The molecule has 0 fully saturated rings. The lowest BCUT2D eigenvalue weighted by Gasteiger charge is -2.15. The third kappa shape index (κ3) is 3.16. The largest absolute Gasteiger partial charge is 0.299 e. The smallest absolute Gasteiger partial charge is 0.143 e. The molecule has 0 N–H and O–H groups in total. The minimum Gasteiger partial charge on any atom is -0.299 e. The van der Waals surface area contributed by atoms with Crippen LogP contribution in [0.5, 0.6) is 0 Å². The molecule has 2 heteroatoms. The molecule has 0 heterocycles. The quantitative estimate of drug-likeness (QED) is 0.593. The number of carbonyl (C=O) groups excluding carboxylic acids is 2. The van der Waals surface area contributed by atoms with E-state index >= 15 is 0 Å². The van der Waals surface area contributed by atoms with Crippen LogP contribution in [0.4, 0.5) is 0 Å². The first kappa shape index (κ1) is 11.3. The third-order valence-electron chi connectivity index (χ3n) is 1.95. The number of carbonyl (C=O) groups is 2. The van der Waals surface area contributed by atoms with E-state index in [9.17, 15) is 9.59 Å². The van der Waals surface area contributed by atoms with E-state index < -0.39 is 0 Å². The van der Waals surface area contributed by atoms with Gasteiger partial charge in [-0.3, -0.25) is 9.59 Å². The predicted molar refractivity (Wildman–Crippen MR) is 48.9 cm³/mol. The third-order valence-corrected chi connectivity index (χ3v) is 1.95. The summed E-state index contributed by atoms with van der Waals surface area (Å²) in [5, 5.41) is 0. The summed E-state index contributed by atoms with van der Waals surface area (Å²) < 4.78 is 0. The Morgan fingerprint density at radius 1 is 1.25 bits per heavy atom. The SMILES string of the molecule is CCCC(=O)[C@H](C(C)=O)C(C)C. The summed E-state index contributed by atoms with van der Waals surface area (Å²) in [5.74, 6) is -0.130. The molecular formula is C10H18O2. The van der Waals surface area contributed by atoms with Gasteiger partial charge < -0.3 is 0 Å². The molecule has 0 spiro atoms. The fourth-order valence-electron chi connectivity index (χ4n) is 1.47. The van der Waals surface area contributed by atoms with Crippen LogP contribution in [0.1, 0.15) is 40.5 Å². The van der Waals surface area contributed by atoms with E-state index in [1.165, 1.54) is 6.92 Å². The van der Waals surface area contributed by atoms with Gasteiger partial charge in [0.05, 0.1) is 5.92 Å². The van der Waals surface area contributed by atoms with Gasteiger partial charge in [0, 0.05) is 6.42 Å². The summed E-state index contributed by atoms with van der Waals surface area (Å²) in [7, 11) is 0. The van der Waals surface area contributed by atoms with Crippen molar-refractivity contribution in [2.24, 2.45) is 11.8 Å². The zero-order chi connectivity index (χ0) is 9.72. The van der Waals surface area contributed by atoms with Gasteiger partial charge in [-0.15, -0.1) is 0 Å². The Morgan fingerprint density at radius 2 is 1.75 bits per heavy atom. The Bertz CT molecular complexity index is 171. The first-order chi connectivity index (χ1) is 5.50. The van der Waals surface area contributed by atoms with Gasteiger partial charge in [-0.2, -0.15) is 0 Å². The summed E-state index contributed by atoms with van der Waals surface area (Å²) in [6.07, 6.45) is 1.36. The second-order valence-corrected chi connectivity index (χ2v) is 3.55. The van der Waals surface area contributed by atoms with Gasteiger partial charge >= 0.3 is 0 Å². The van der Waals surface area contributed by atoms with Gasteiger partial charge in [0.1, 0.15) is 11.6 Å². The van der Waals surface area contributed by atoms with Crippen LogP contribution in [-0.4, -0.2) is 11.6 Å². The van der Waals surface area contributed by atoms with Crippen LogP contribution in [-0.2, 0) is 9.59 Å². The standard InChI is InChI=1S/C10H18O2/c1-5-6-9(12)10(7(2)3)8(4)11/h7,10H,5-6H2,1-4H3/t10-/m0/s1. The highest BCUT2D eigenvalue weighted by molar-refractivity contribution is 6.01. The first-order valence-corrected chi connectivity index (χ1v) is 4.53. The van der Waals surface area contributed by atoms with Gasteiger partial charge in [-0.05, 0) is 19.3 Å². The van der Waals surface area contributed by atoms with Gasteiger partial charge in [-0.25, -0.2) is 0 Å². The Kier molecular flexibility index (Phi) is 4.79. The van der Waals surface area contributed by atoms with Gasteiger partial charge in [-0.1, -0.05) is 20.8 Å². The Balaban J connectivity index is 4.30. The van der Waals surface area contributed by atoms with Gasteiger partial charge in [0.2, 0.25) is 0 Å². The molecular weight excluding hydrogens is 152 g/mol. The number of hydrogen-bond donors (Lipinski definition) is 0. The summed E-state index contributed by atoms with van der Waals surface area (Å²) >= 11 is 0. The van der Waals surface area contributed by atoms with Gasteiger partial charge in [0.25, 0.3) is 0 Å². The van der Waals surface area contributed by atoms with Crippen molar-refractivity contribution in [3.8, 4) is 0 Å². The van der Waals surface area contributed by atoms with Crippen molar-refractivity contribution in [3.63, 3.8) is 0 Å². The fourth-order valence-corrected chi connectivity index (χ4v) is 1.47. The highest BCUT2D eigenvalue weighted by Crippen LogP contribution is 2.15. The van der Waals surface area contributed by atoms with Crippen molar-refractivity contribution < 1.29 is 9.59 Å². The molecule has 0 aliphatic heterocycles. The van der Waals surface area contributed by atoms with Crippen molar-refractivity contribution >= 4 is 11.6 Å². The average molecular weight is 170 g/mol. The highest BCUT2D eigenvalue weighted by Gasteiger charge is 2.25. The summed E-state index contributed by atoms with van der Waals surface area (Å²) in [5.41, 5.74) is 0. The predicted octanol–water partition coefficient (Wildman–Crippen LogP) is 2.22. The zero-order valence-electron chi connectivity index (χ0n) is 8.39. The Morgan fingerprint density at radius 3 is 2.00 bits per heavy atom. The molecule has 12 heavy (non-hydrogen) atoms. The molecule has 0 saturated carbocycles. The van der Waals surface area contributed by atoms with Crippen molar-refractivity contribution in [1.82, 2.24) is 0 Å². The van der Waals surface area contributed by atoms with Crippen molar-refractivity contribution in [1.29, 1.82) is 0 Å². The molecule has 0 aromatic rings. The van der Waals surface area contributed by atoms with E-state index in [0.717, 1.165) is 6.42 Å². The molecule has 70 valence electrons. The second kappa shape index (κ2) is 5.07. The average Bonchev–Trinajstić information content (AvgIpc) is 1.85. The minimum atomic E-state index is -0.370. The molecule has 0 aromatic heterocycles. The molecule has 0 amide bonds. The molecule has 0 aliphatic carbocycles. The van der Waals surface area contributed by atoms with Crippen molar-refractivity contribution in [2.75, 3.05) is 0 Å². The lowest BCUT2D eigenvalue weighted by molar-refractivity contribution is -0.133. The maximum atomic E-state index is 11.4. The van der Waals surface area contributed by atoms with E-state index in [1.54, 1.807) is 0 Å². The lowest BCUT2D eigenvalue weighted by Crippen LogP contribution is -2.26. The van der Waals surface area contributed by atoms with E-state index in [0.29, 0.717) is 6.42 Å². The van der Waals surface area contributed by atoms with Gasteiger partial charge in [0.15, 0.2) is 0 Å². The molecule has 0 saturated heterocycles. The molecule has 0 bridgehead atoms. The topological polar surface area (TPSA) is 34.1 Å². The summed E-state index contributed by atoms with van der Waals surface area (Å²) in [4.78, 5) is 22.5. The van der Waals surface area contributed by atoms with Crippen molar-refractivity contribution in [3.05, 3.63) is 0 Å². The van der Waals surface area contributed by atoms with Crippen LogP contribution in [0.3, 0.4) is 0 Å². The zero-order valence-corrected chi connectivity index (χ0v) is 8.39. The first-order valence-electron chi connectivity index (χ1n) is 4.53. The van der Waals surface area contributed by atoms with E-state index in [2.05, 4.69) is 0 Å². The van der Waals surface area contributed by atoms with Crippen LogP contribution >= 0.6 is 0 Å². The van der Waals surface area contributed by atoms with Crippen LogP contribution in [0.2, 0.25) is 0 Å². The van der Waals surface area contributed by atoms with Crippen LogP contribution in [0, 0.1) is 11.8 Å². The molecule has 0 unspecified atom stereocenters. The van der Waals surface area contributed by atoms with Crippen LogP contribution < -0.4 is 0 Å². The second-order valence-electron chi connectivity index (χ2n) is 3.55. The monoisotopic (exact) mass is 170 g/mol. The molecule has 2 nitrogen and oxygen atoms in total. The van der Waals surface area contributed by atoms with E-state index in [1.807, 2.05) is 20.8 Å². The van der Waals surface area contributed by atoms with Crippen LogP contribution in [0.15, 0.2) is 0 Å². The number of rotatable bonds is 5.